The smallest absolute Gasteiger partial charge is 0.326 e. The summed E-state index contributed by atoms with van der Waals surface area (Å²) in [6.45, 7) is 0.825. The van der Waals surface area contributed by atoms with E-state index in [-0.39, 0.29) is 24.3 Å². The van der Waals surface area contributed by atoms with Crippen molar-refractivity contribution in [3.63, 3.8) is 0 Å². The Hall–Kier alpha value is -1.79. The first-order valence-electron chi connectivity index (χ1n) is 6.89. The minimum absolute atomic E-state index is 0.0395. The second-order valence-corrected chi connectivity index (χ2v) is 5.41. The largest absolute Gasteiger partial charge is 0.480 e. The first-order valence-corrected chi connectivity index (χ1v) is 6.89. The van der Waals surface area contributed by atoms with Gasteiger partial charge in [-0.25, -0.2) is 9.59 Å². The first kappa shape index (κ1) is 14.6. The van der Waals surface area contributed by atoms with Gasteiger partial charge in [0.1, 0.15) is 6.04 Å². The highest BCUT2D eigenvalue weighted by Gasteiger charge is 2.39. The molecule has 1 heterocycles. The molecule has 2 amide bonds. The van der Waals surface area contributed by atoms with Gasteiger partial charge in [0, 0.05) is 13.1 Å². The average Bonchev–Trinajstić information content (AvgIpc) is 3.27. The van der Waals surface area contributed by atoms with E-state index in [0.717, 1.165) is 12.8 Å². The van der Waals surface area contributed by atoms with Gasteiger partial charge in [-0.05, 0) is 31.6 Å². The number of methoxy groups -OCH3 is 1. The van der Waals surface area contributed by atoms with E-state index in [1.807, 2.05) is 0 Å². The SMILES string of the molecule is COC(=O)C1CCCN(C(=O)NC(C(=O)O)C2CC2)C1. The van der Waals surface area contributed by atoms with Gasteiger partial charge in [0.25, 0.3) is 0 Å². The van der Waals surface area contributed by atoms with Gasteiger partial charge in [-0.1, -0.05) is 0 Å². The third kappa shape index (κ3) is 3.40. The maximum atomic E-state index is 12.1. The molecule has 0 aromatic carbocycles. The molecule has 2 N–H and O–H groups in total. The summed E-state index contributed by atoms with van der Waals surface area (Å²) < 4.78 is 4.69. The van der Waals surface area contributed by atoms with Gasteiger partial charge in [0.2, 0.25) is 0 Å². The molecule has 112 valence electrons. The molecule has 1 saturated carbocycles. The van der Waals surface area contributed by atoms with Crippen molar-refractivity contribution in [2.75, 3.05) is 20.2 Å². The van der Waals surface area contributed by atoms with E-state index in [1.165, 1.54) is 12.0 Å². The number of hydrogen-bond donors (Lipinski definition) is 2. The number of rotatable bonds is 4. The normalized spacial score (nSPS) is 23.9. The van der Waals surface area contributed by atoms with Gasteiger partial charge in [-0.15, -0.1) is 0 Å². The Labute approximate surface area is 117 Å². The van der Waals surface area contributed by atoms with E-state index in [0.29, 0.717) is 19.4 Å². The highest BCUT2D eigenvalue weighted by molar-refractivity contribution is 5.83. The number of carboxylic acid groups (broad SMARTS) is 1. The molecule has 0 aromatic rings. The van der Waals surface area contributed by atoms with E-state index in [1.54, 1.807) is 0 Å². The van der Waals surface area contributed by atoms with Crippen LogP contribution in [0.5, 0.6) is 0 Å². The first-order chi connectivity index (χ1) is 9.52. The molecule has 0 aromatic heterocycles. The zero-order valence-electron chi connectivity index (χ0n) is 11.5. The summed E-state index contributed by atoms with van der Waals surface area (Å²) in [5, 5.41) is 11.7. The quantitative estimate of drug-likeness (QED) is 0.730. The number of nitrogens with one attached hydrogen (secondary N) is 1. The monoisotopic (exact) mass is 284 g/mol. The number of urea groups is 1. The van der Waals surface area contributed by atoms with E-state index in [2.05, 4.69) is 5.32 Å². The number of esters is 1. The molecule has 0 bridgehead atoms. The molecule has 2 rings (SSSR count). The van der Waals surface area contributed by atoms with Gasteiger partial charge in [-0.2, -0.15) is 0 Å². The van der Waals surface area contributed by atoms with Crippen LogP contribution in [0.1, 0.15) is 25.7 Å². The molecular weight excluding hydrogens is 264 g/mol. The maximum absolute atomic E-state index is 12.1. The van der Waals surface area contributed by atoms with Crippen molar-refractivity contribution < 1.29 is 24.2 Å². The number of likely N-dealkylation sites (tertiary alicyclic amines) is 1. The number of aliphatic carboxylic acids is 1. The lowest BCUT2D eigenvalue weighted by atomic mass is 9.98. The second-order valence-electron chi connectivity index (χ2n) is 5.41. The molecule has 1 aliphatic heterocycles. The number of carboxylic acids is 1. The van der Waals surface area contributed by atoms with Crippen LogP contribution in [0.25, 0.3) is 0 Å². The third-order valence-corrected chi connectivity index (χ3v) is 3.88. The summed E-state index contributed by atoms with van der Waals surface area (Å²) in [4.78, 5) is 36.2. The zero-order valence-corrected chi connectivity index (χ0v) is 11.5. The van der Waals surface area contributed by atoms with E-state index in [4.69, 9.17) is 9.84 Å². The van der Waals surface area contributed by atoms with Crippen LogP contribution in [0, 0.1) is 11.8 Å². The van der Waals surface area contributed by atoms with Gasteiger partial charge in [0.15, 0.2) is 0 Å². The molecule has 2 unspecified atom stereocenters. The number of ether oxygens (including phenoxy) is 1. The van der Waals surface area contributed by atoms with E-state index >= 15 is 0 Å². The maximum Gasteiger partial charge on any atom is 0.326 e. The molecule has 2 atom stereocenters. The number of carbonyl (C=O) groups excluding carboxylic acids is 2. The van der Waals surface area contributed by atoms with Crippen molar-refractivity contribution >= 4 is 18.0 Å². The molecule has 2 aliphatic rings. The lowest BCUT2D eigenvalue weighted by molar-refractivity contribution is -0.147. The predicted octanol–water partition coefficient (Wildman–Crippen LogP) is 0.444. The summed E-state index contributed by atoms with van der Waals surface area (Å²) in [6.07, 6.45) is 3.08. The van der Waals surface area contributed by atoms with Crippen LogP contribution in [0.15, 0.2) is 0 Å². The lowest BCUT2D eigenvalue weighted by Crippen LogP contribution is -2.52. The Morgan fingerprint density at radius 3 is 2.55 bits per heavy atom. The number of carbonyl (C=O) groups is 3. The average molecular weight is 284 g/mol. The van der Waals surface area contributed by atoms with Crippen molar-refractivity contribution in [2.45, 2.75) is 31.7 Å². The molecule has 0 spiro atoms. The van der Waals surface area contributed by atoms with Gasteiger partial charge in [-0.3, -0.25) is 4.79 Å². The fourth-order valence-electron chi connectivity index (χ4n) is 2.56. The fourth-order valence-corrected chi connectivity index (χ4v) is 2.56. The summed E-state index contributed by atoms with van der Waals surface area (Å²) >= 11 is 0. The predicted molar refractivity (Wildman–Crippen MR) is 69.0 cm³/mol. The van der Waals surface area contributed by atoms with Crippen molar-refractivity contribution in [3.8, 4) is 0 Å². The van der Waals surface area contributed by atoms with E-state index < -0.39 is 18.0 Å². The van der Waals surface area contributed by atoms with Crippen LogP contribution in [0.3, 0.4) is 0 Å². The molecule has 7 heteroatoms. The Bertz CT molecular complexity index is 408. The van der Waals surface area contributed by atoms with Crippen LogP contribution in [-0.2, 0) is 14.3 Å². The summed E-state index contributed by atoms with van der Waals surface area (Å²) in [5.41, 5.74) is 0. The van der Waals surface area contributed by atoms with Crippen molar-refractivity contribution in [2.24, 2.45) is 11.8 Å². The second kappa shape index (κ2) is 6.11. The number of amides is 2. The molecule has 1 saturated heterocycles. The standard InChI is InChI=1S/C13H20N2O5/c1-20-12(18)9-3-2-6-15(7-9)13(19)14-10(11(16)17)8-4-5-8/h8-10H,2-7H2,1H3,(H,14,19)(H,16,17). The Morgan fingerprint density at radius 1 is 1.30 bits per heavy atom. The van der Waals surface area contributed by atoms with Crippen LogP contribution in [-0.4, -0.2) is 54.2 Å². The van der Waals surface area contributed by atoms with Gasteiger partial charge >= 0.3 is 18.0 Å². The summed E-state index contributed by atoms with van der Waals surface area (Å²) in [5.74, 6) is -1.59. The third-order valence-electron chi connectivity index (χ3n) is 3.88. The van der Waals surface area contributed by atoms with Crippen molar-refractivity contribution in [1.82, 2.24) is 10.2 Å². The Morgan fingerprint density at radius 2 is 2.00 bits per heavy atom. The minimum Gasteiger partial charge on any atom is -0.480 e. The van der Waals surface area contributed by atoms with E-state index in [9.17, 15) is 14.4 Å². The number of nitrogens with zero attached hydrogens (tertiary/aromatic N) is 1. The summed E-state index contributed by atoms with van der Waals surface area (Å²) in [7, 11) is 1.33. The topological polar surface area (TPSA) is 95.9 Å². The van der Waals surface area contributed by atoms with Crippen LogP contribution in [0.2, 0.25) is 0 Å². The molecule has 0 radical (unpaired) electrons. The molecular formula is C13H20N2O5. The highest BCUT2D eigenvalue weighted by Crippen LogP contribution is 2.33. The lowest BCUT2D eigenvalue weighted by Gasteiger charge is -2.32. The van der Waals surface area contributed by atoms with Crippen LogP contribution >= 0.6 is 0 Å². The van der Waals surface area contributed by atoms with Crippen LogP contribution in [0.4, 0.5) is 4.79 Å². The Kier molecular flexibility index (Phi) is 4.46. The van der Waals surface area contributed by atoms with Gasteiger partial charge in [0.05, 0.1) is 13.0 Å². The molecule has 2 fully saturated rings. The van der Waals surface area contributed by atoms with Crippen LogP contribution < -0.4 is 5.32 Å². The van der Waals surface area contributed by atoms with Gasteiger partial charge < -0.3 is 20.1 Å². The minimum atomic E-state index is -0.998. The number of piperidine rings is 1. The zero-order chi connectivity index (χ0) is 14.7. The van der Waals surface area contributed by atoms with Crippen molar-refractivity contribution in [3.05, 3.63) is 0 Å². The molecule has 1 aliphatic carbocycles. The molecule has 20 heavy (non-hydrogen) atoms. The number of hydrogen-bond acceptors (Lipinski definition) is 4. The summed E-state index contributed by atoms with van der Waals surface area (Å²) in [6, 6.07) is -1.22. The molecule has 7 nitrogen and oxygen atoms in total. The fraction of sp³-hybridized carbons (Fsp3) is 0.769. The van der Waals surface area contributed by atoms with Crippen molar-refractivity contribution in [1.29, 1.82) is 0 Å². The highest BCUT2D eigenvalue weighted by atomic mass is 16.5. The Balaban J connectivity index is 1.91.